The Morgan fingerprint density at radius 3 is 2.75 bits per heavy atom. The van der Waals surface area contributed by atoms with Crippen LogP contribution in [0.2, 0.25) is 0 Å². The second kappa shape index (κ2) is 3.62. The summed E-state index contributed by atoms with van der Waals surface area (Å²) in [6.07, 6.45) is 1.91. The lowest BCUT2D eigenvalue weighted by Crippen LogP contribution is -2.34. The minimum Gasteiger partial charge on any atom is -0.488 e. The second-order valence-corrected chi connectivity index (χ2v) is 5.33. The number of hydrogen-bond donors (Lipinski definition) is 0. The maximum atomic E-state index is 10.9. The van der Waals surface area contributed by atoms with Crippen molar-refractivity contribution in [3.63, 3.8) is 0 Å². The molecule has 0 bridgehead atoms. The Morgan fingerprint density at radius 1 is 1.44 bits per heavy atom. The van der Waals surface area contributed by atoms with Crippen molar-refractivity contribution in [3.05, 3.63) is 28.8 Å². The van der Waals surface area contributed by atoms with E-state index in [0.29, 0.717) is 5.92 Å². The van der Waals surface area contributed by atoms with Gasteiger partial charge in [-0.25, -0.2) is 0 Å². The molecule has 2 nitrogen and oxygen atoms in total. The van der Waals surface area contributed by atoms with E-state index in [1.807, 2.05) is 19.1 Å². The molecule has 1 aliphatic heterocycles. The summed E-state index contributed by atoms with van der Waals surface area (Å²) in [5.41, 5.74) is 2.81. The number of hydrogen-bond acceptors (Lipinski definition) is 2. The third-order valence-corrected chi connectivity index (χ3v) is 3.24. The topological polar surface area (TPSA) is 26.3 Å². The highest BCUT2D eigenvalue weighted by Crippen LogP contribution is 2.41. The molecule has 2 heteroatoms. The van der Waals surface area contributed by atoms with E-state index in [4.69, 9.17) is 4.74 Å². The van der Waals surface area contributed by atoms with Crippen LogP contribution in [0.5, 0.6) is 5.75 Å². The first-order valence-corrected chi connectivity index (χ1v) is 5.72. The Hall–Kier alpha value is -1.31. The first-order valence-electron chi connectivity index (χ1n) is 5.72. The Labute approximate surface area is 96.6 Å². The quantitative estimate of drug-likeness (QED) is 0.675. The largest absolute Gasteiger partial charge is 0.488 e. The van der Waals surface area contributed by atoms with E-state index in [1.54, 1.807) is 0 Å². The molecule has 1 atom stereocenters. The standard InChI is InChI=1S/C14H18O2/c1-9-5-13-12(6-11(9)8-15)10(2)7-14(3,4)16-13/h5-6,8,10H,7H2,1-4H3. The number of ether oxygens (including phenoxy) is 1. The van der Waals surface area contributed by atoms with Gasteiger partial charge in [-0.1, -0.05) is 6.92 Å². The molecule has 0 radical (unpaired) electrons. The van der Waals surface area contributed by atoms with Crippen LogP contribution in [0.1, 0.15) is 54.6 Å². The highest BCUT2D eigenvalue weighted by Gasteiger charge is 2.31. The highest BCUT2D eigenvalue weighted by molar-refractivity contribution is 5.78. The third kappa shape index (κ3) is 1.84. The Balaban J connectivity index is 2.53. The van der Waals surface area contributed by atoms with Crippen molar-refractivity contribution in [2.75, 3.05) is 0 Å². The van der Waals surface area contributed by atoms with Crippen molar-refractivity contribution in [2.24, 2.45) is 0 Å². The van der Waals surface area contributed by atoms with Gasteiger partial charge in [0.05, 0.1) is 0 Å². The van der Waals surface area contributed by atoms with Crippen LogP contribution in [0, 0.1) is 6.92 Å². The second-order valence-electron chi connectivity index (χ2n) is 5.33. The number of aldehydes is 1. The molecule has 0 aliphatic carbocycles. The minimum atomic E-state index is -0.110. The summed E-state index contributed by atoms with van der Waals surface area (Å²) < 4.78 is 5.95. The van der Waals surface area contributed by atoms with E-state index in [0.717, 1.165) is 35.1 Å². The molecule has 2 rings (SSSR count). The van der Waals surface area contributed by atoms with Gasteiger partial charge in [0.1, 0.15) is 17.6 Å². The fourth-order valence-electron chi connectivity index (χ4n) is 2.50. The molecule has 1 aliphatic rings. The predicted octanol–water partition coefficient (Wildman–Crippen LogP) is 3.47. The van der Waals surface area contributed by atoms with Crippen molar-refractivity contribution < 1.29 is 9.53 Å². The summed E-state index contributed by atoms with van der Waals surface area (Å²) in [6.45, 7) is 8.34. The number of aryl methyl sites for hydroxylation is 1. The first-order chi connectivity index (χ1) is 7.43. The Kier molecular flexibility index (Phi) is 2.53. The van der Waals surface area contributed by atoms with Crippen molar-refractivity contribution in [2.45, 2.75) is 45.6 Å². The summed E-state index contributed by atoms with van der Waals surface area (Å²) in [5, 5.41) is 0. The predicted molar refractivity (Wildman–Crippen MR) is 64.3 cm³/mol. The van der Waals surface area contributed by atoms with Gasteiger partial charge >= 0.3 is 0 Å². The molecule has 0 fully saturated rings. The van der Waals surface area contributed by atoms with Crippen molar-refractivity contribution in [1.82, 2.24) is 0 Å². The lowest BCUT2D eigenvalue weighted by molar-refractivity contribution is 0.0745. The van der Waals surface area contributed by atoms with E-state index in [9.17, 15) is 4.79 Å². The molecule has 0 saturated heterocycles. The molecule has 0 N–H and O–H groups in total. The summed E-state index contributed by atoms with van der Waals surface area (Å²) in [4.78, 5) is 10.9. The number of carbonyl (C=O) groups excluding carboxylic acids is 1. The fraction of sp³-hybridized carbons (Fsp3) is 0.500. The van der Waals surface area contributed by atoms with E-state index in [2.05, 4.69) is 20.8 Å². The first kappa shape index (κ1) is 11.2. The molecule has 0 saturated carbocycles. The van der Waals surface area contributed by atoms with E-state index >= 15 is 0 Å². The lowest BCUT2D eigenvalue weighted by atomic mass is 9.84. The number of carbonyl (C=O) groups is 1. The number of benzene rings is 1. The zero-order chi connectivity index (χ0) is 11.9. The van der Waals surface area contributed by atoms with Crippen LogP contribution < -0.4 is 4.74 Å². The van der Waals surface area contributed by atoms with Gasteiger partial charge in [-0.15, -0.1) is 0 Å². The molecule has 1 heterocycles. The van der Waals surface area contributed by atoms with Gasteiger partial charge in [0.25, 0.3) is 0 Å². The SMILES string of the molecule is Cc1cc2c(cc1C=O)C(C)CC(C)(C)O2. The zero-order valence-corrected chi connectivity index (χ0v) is 10.3. The van der Waals surface area contributed by atoms with E-state index in [1.165, 1.54) is 0 Å². The number of fused-ring (bicyclic) bond motifs is 1. The van der Waals surface area contributed by atoms with Crippen LogP contribution in [-0.4, -0.2) is 11.9 Å². The van der Waals surface area contributed by atoms with Gasteiger partial charge in [-0.2, -0.15) is 0 Å². The van der Waals surface area contributed by atoms with E-state index in [-0.39, 0.29) is 5.60 Å². The van der Waals surface area contributed by atoms with Gasteiger partial charge in [0.2, 0.25) is 0 Å². The average molecular weight is 218 g/mol. The summed E-state index contributed by atoms with van der Waals surface area (Å²) in [5.74, 6) is 1.38. The van der Waals surface area contributed by atoms with Crippen LogP contribution in [-0.2, 0) is 0 Å². The Morgan fingerprint density at radius 2 is 2.12 bits per heavy atom. The fourth-order valence-corrected chi connectivity index (χ4v) is 2.50. The van der Waals surface area contributed by atoms with Crippen LogP contribution in [0.15, 0.2) is 12.1 Å². The molecule has 86 valence electrons. The van der Waals surface area contributed by atoms with Crippen molar-refractivity contribution in [1.29, 1.82) is 0 Å². The van der Waals surface area contributed by atoms with Gasteiger partial charge in [0, 0.05) is 5.56 Å². The van der Waals surface area contributed by atoms with E-state index < -0.39 is 0 Å². The van der Waals surface area contributed by atoms with Crippen LogP contribution in [0.3, 0.4) is 0 Å². The average Bonchev–Trinajstić information content (AvgIpc) is 2.14. The van der Waals surface area contributed by atoms with Gasteiger partial charge in [-0.05, 0) is 56.4 Å². The Bertz CT molecular complexity index is 433. The van der Waals surface area contributed by atoms with Crippen LogP contribution >= 0.6 is 0 Å². The van der Waals surface area contributed by atoms with Gasteiger partial charge in [-0.3, -0.25) is 4.79 Å². The zero-order valence-electron chi connectivity index (χ0n) is 10.3. The van der Waals surface area contributed by atoms with Gasteiger partial charge < -0.3 is 4.74 Å². The molecule has 1 aromatic carbocycles. The number of rotatable bonds is 1. The summed E-state index contributed by atoms with van der Waals surface area (Å²) in [6, 6.07) is 3.95. The highest BCUT2D eigenvalue weighted by atomic mass is 16.5. The lowest BCUT2D eigenvalue weighted by Gasteiger charge is -2.36. The summed E-state index contributed by atoms with van der Waals surface area (Å²) >= 11 is 0. The maximum Gasteiger partial charge on any atom is 0.150 e. The van der Waals surface area contributed by atoms with Crippen molar-refractivity contribution >= 4 is 6.29 Å². The van der Waals surface area contributed by atoms with Crippen molar-refractivity contribution in [3.8, 4) is 5.75 Å². The monoisotopic (exact) mass is 218 g/mol. The molecule has 1 aromatic rings. The molecular weight excluding hydrogens is 200 g/mol. The minimum absolute atomic E-state index is 0.110. The molecule has 0 amide bonds. The third-order valence-electron chi connectivity index (χ3n) is 3.24. The summed E-state index contributed by atoms with van der Waals surface area (Å²) in [7, 11) is 0. The molecular formula is C14H18O2. The molecule has 0 spiro atoms. The smallest absolute Gasteiger partial charge is 0.150 e. The molecule has 0 aromatic heterocycles. The molecule has 16 heavy (non-hydrogen) atoms. The van der Waals surface area contributed by atoms with Gasteiger partial charge in [0.15, 0.2) is 0 Å². The van der Waals surface area contributed by atoms with Crippen LogP contribution in [0.4, 0.5) is 0 Å². The maximum absolute atomic E-state index is 10.9. The molecule has 1 unspecified atom stereocenters. The van der Waals surface area contributed by atoms with Crippen LogP contribution in [0.25, 0.3) is 0 Å². The normalized spacial score (nSPS) is 22.1.